The number of nitrogens with zero attached hydrogens (tertiary/aromatic N) is 1. The van der Waals surface area contributed by atoms with Crippen molar-refractivity contribution in [1.82, 2.24) is 0 Å². The van der Waals surface area contributed by atoms with Crippen molar-refractivity contribution in [3.8, 4) is 0 Å². The fraction of sp³-hybridized carbons (Fsp3) is 0.875. The molecule has 14 heavy (non-hydrogen) atoms. The van der Waals surface area contributed by atoms with E-state index in [4.69, 9.17) is 10.9 Å². The Hall–Kier alpha value is -0.620. The Kier molecular flexibility index (Phi) is 5.71. The lowest BCUT2D eigenvalue weighted by atomic mass is 10.1. The van der Waals surface area contributed by atoms with Crippen LogP contribution < -0.4 is 10.9 Å². The number of amidine groups is 1. The van der Waals surface area contributed by atoms with Crippen LogP contribution in [-0.2, 0) is 10.2 Å². The van der Waals surface area contributed by atoms with E-state index >= 15 is 0 Å². The lowest BCUT2D eigenvalue weighted by Gasteiger charge is -2.03. The largest absolute Gasteiger partial charge is 0.386 e. The first-order valence-corrected chi connectivity index (χ1v) is 6.18. The topological polar surface area (TPSA) is 98.5 Å². The van der Waals surface area contributed by atoms with Gasteiger partial charge in [0.2, 0.25) is 0 Å². The maximum Gasteiger partial charge on any atom is 0.318 e. The van der Waals surface area contributed by atoms with E-state index in [1.807, 2.05) is 0 Å². The Bertz CT molecular complexity index is 283. The smallest absolute Gasteiger partial charge is 0.318 e. The molecule has 0 aliphatic heterocycles. The molecule has 0 aliphatic carbocycles. The van der Waals surface area contributed by atoms with Gasteiger partial charge in [-0.1, -0.05) is 26.7 Å². The van der Waals surface area contributed by atoms with E-state index in [0.717, 1.165) is 19.3 Å². The summed E-state index contributed by atoms with van der Waals surface area (Å²) in [5.41, 5.74) is 5.37. The van der Waals surface area contributed by atoms with E-state index in [0.29, 0.717) is 12.3 Å². The second-order valence-electron chi connectivity index (χ2n) is 3.74. The van der Waals surface area contributed by atoms with Crippen LogP contribution in [0.15, 0.2) is 4.40 Å². The number of hydrogen-bond acceptors (Lipinski definition) is 2. The van der Waals surface area contributed by atoms with Crippen molar-refractivity contribution >= 4 is 16.0 Å². The lowest BCUT2D eigenvalue weighted by molar-refractivity contribution is 0.543. The maximum atomic E-state index is 10.5. The third-order valence-electron chi connectivity index (χ3n) is 1.71. The number of rotatable bonds is 6. The molecule has 6 heteroatoms. The molecule has 0 aliphatic rings. The molecule has 0 radical (unpaired) electrons. The zero-order chi connectivity index (χ0) is 11.2. The molecule has 5 nitrogen and oxygen atoms in total. The zero-order valence-corrected chi connectivity index (χ0v) is 9.55. The fourth-order valence-electron chi connectivity index (χ4n) is 1.07. The summed E-state index contributed by atoms with van der Waals surface area (Å²) < 4.78 is 24.2. The van der Waals surface area contributed by atoms with Crippen LogP contribution in [0.1, 0.15) is 39.5 Å². The monoisotopic (exact) mass is 221 g/mol. The molecule has 0 fully saturated rings. The highest BCUT2D eigenvalue weighted by Crippen LogP contribution is 2.07. The van der Waals surface area contributed by atoms with Crippen molar-refractivity contribution in [2.45, 2.75) is 39.5 Å². The zero-order valence-electron chi connectivity index (χ0n) is 8.73. The number of unbranched alkanes of at least 4 members (excludes halogenated alkanes) is 1. The molecular formula is C8H19N3O2S. The predicted molar refractivity (Wildman–Crippen MR) is 58.0 cm³/mol. The van der Waals surface area contributed by atoms with E-state index in [2.05, 4.69) is 18.2 Å². The standard InChI is InChI=1S/C8H19N3O2S/c1-7(2)5-3-4-6-8(9)11-14(10,12)13/h7H,3-6H2,1-2H3,(H2,9,11)(H2,10,12,13). The summed E-state index contributed by atoms with van der Waals surface area (Å²) in [5.74, 6) is 0.752. The first-order valence-electron chi connectivity index (χ1n) is 4.68. The van der Waals surface area contributed by atoms with Crippen molar-refractivity contribution in [3.05, 3.63) is 0 Å². The Morgan fingerprint density at radius 3 is 2.36 bits per heavy atom. The minimum atomic E-state index is -3.81. The SMILES string of the molecule is CC(C)CCCC/C(N)=N/S(N)(=O)=O. The average molecular weight is 221 g/mol. The highest BCUT2D eigenvalue weighted by atomic mass is 32.2. The quantitative estimate of drug-likeness (QED) is 0.393. The second kappa shape index (κ2) is 5.98. The summed E-state index contributed by atoms with van der Waals surface area (Å²) in [5, 5.41) is 4.69. The number of nitrogens with two attached hydrogens (primary N) is 2. The van der Waals surface area contributed by atoms with E-state index in [9.17, 15) is 8.42 Å². The van der Waals surface area contributed by atoms with Crippen molar-refractivity contribution in [3.63, 3.8) is 0 Å². The molecule has 0 saturated heterocycles. The first-order chi connectivity index (χ1) is 6.31. The van der Waals surface area contributed by atoms with Gasteiger partial charge in [0.25, 0.3) is 0 Å². The van der Waals surface area contributed by atoms with Crippen LogP contribution >= 0.6 is 0 Å². The fourth-order valence-corrected chi connectivity index (χ4v) is 1.49. The van der Waals surface area contributed by atoms with Crippen LogP contribution in [-0.4, -0.2) is 14.3 Å². The molecule has 0 unspecified atom stereocenters. The molecule has 0 aromatic rings. The molecule has 84 valence electrons. The summed E-state index contributed by atoms with van der Waals surface area (Å²) in [6.45, 7) is 4.28. The molecule has 0 aromatic heterocycles. The van der Waals surface area contributed by atoms with Gasteiger partial charge in [-0.15, -0.1) is 4.40 Å². The molecule has 0 spiro atoms. The summed E-state index contributed by atoms with van der Waals surface area (Å²) in [7, 11) is -3.81. The van der Waals surface area contributed by atoms with Crippen LogP contribution in [0.3, 0.4) is 0 Å². The van der Waals surface area contributed by atoms with Gasteiger partial charge in [-0.25, -0.2) is 5.14 Å². The third kappa shape index (κ3) is 9.47. The van der Waals surface area contributed by atoms with E-state index in [1.165, 1.54) is 0 Å². The van der Waals surface area contributed by atoms with E-state index in [1.54, 1.807) is 0 Å². The molecule has 0 aromatic carbocycles. The Balaban J connectivity index is 3.75. The van der Waals surface area contributed by atoms with Gasteiger partial charge in [0.15, 0.2) is 0 Å². The second-order valence-corrected chi connectivity index (χ2v) is 4.95. The maximum absolute atomic E-state index is 10.5. The summed E-state index contributed by atoms with van der Waals surface area (Å²) >= 11 is 0. The van der Waals surface area contributed by atoms with E-state index < -0.39 is 10.2 Å². The van der Waals surface area contributed by atoms with Crippen LogP contribution in [0.2, 0.25) is 0 Å². The Morgan fingerprint density at radius 1 is 1.36 bits per heavy atom. The molecule has 0 atom stereocenters. The molecule has 0 rings (SSSR count). The lowest BCUT2D eigenvalue weighted by Crippen LogP contribution is -2.18. The van der Waals surface area contributed by atoms with Crippen molar-refractivity contribution < 1.29 is 8.42 Å². The van der Waals surface area contributed by atoms with Crippen molar-refractivity contribution in [1.29, 1.82) is 0 Å². The van der Waals surface area contributed by atoms with Gasteiger partial charge in [0.1, 0.15) is 5.84 Å². The molecule has 4 N–H and O–H groups in total. The minimum Gasteiger partial charge on any atom is -0.386 e. The van der Waals surface area contributed by atoms with Gasteiger partial charge in [0, 0.05) is 6.42 Å². The highest BCUT2D eigenvalue weighted by Gasteiger charge is 2.01. The highest BCUT2D eigenvalue weighted by molar-refractivity contribution is 7.88. The molecule has 0 amide bonds. The normalized spacial score (nSPS) is 13.6. The summed E-state index contributed by atoms with van der Waals surface area (Å²) in [6.07, 6.45) is 3.48. The van der Waals surface area contributed by atoms with E-state index in [-0.39, 0.29) is 5.84 Å². The van der Waals surface area contributed by atoms with Gasteiger partial charge in [-0.3, -0.25) is 0 Å². The van der Waals surface area contributed by atoms with Gasteiger partial charge < -0.3 is 5.73 Å². The van der Waals surface area contributed by atoms with Crippen LogP contribution in [0.4, 0.5) is 0 Å². The van der Waals surface area contributed by atoms with Gasteiger partial charge in [0.05, 0.1) is 0 Å². The minimum absolute atomic E-state index is 0.0938. The van der Waals surface area contributed by atoms with Crippen LogP contribution in [0, 0.1) is 5.92 Å². The molecular weight excluding hydrogens is 202 g/mol. The van der Waals surface area contributed by atoms with Gasteiger partial charge in [-0.2, -0.15) is 8.42 Å². The Morgan fingerprint density at radius 2 is 1.93 bits per heavy atom. The molecule has 0 saturated carbocycles. The summed E-state index contributed by atoms with van der Waals surface area (Å²) in [6, 6.07) is 0. The first kappa shape index (κ1) is 13.4. The van der Waals surface area contributed by atoms with Gasteiger partial charge >= 0.3 is 10.2 Å². The third-order valence-corrected chi connectivity index (χ3v) is 2.20. The van der Waals surface area contributed by atoms with Crippen molar-refractivity contribution in [2.24, 2.45) is 21.2 Å². The molecule has 0 heterocycles. The average Bonchev–Trinajstić information content (AvgIpc) is 1.94. The van der Waals surface area contributed by atoms with Crippen LogP contribution in [0.25, 0.3) is 0 Å². The Labute approximate surface area is 85.8 Å². The number of hydrogen-bond donors (Lipinski definition) is 2. The summed E-state index contributed by atoms with van der Waals surface area (Å²) in [4.78, 5) is 0. The predicted octanol–water partition coefficient (Wildman–Crippen LogP) is 0.764. The molecule has 0 bridgehead atoms. The van der Waals surface area contributed by atoms with Crippen LogP contribution in [0.5, 0.6) is 0 Å². The van der Waals surface area contributed by atoms with Gasteiger partial charge in [-0.05, 0) is 12.3 Å². The van der Waals surface area contributed by atoms with Crippen molar-refractivity contribution in [2.75, 3.05) is 0 Å².